The summed E-state index contributed by atoms with van der Waals surface area (Å²) in [6.07, 6.45) is 8.64. The molecular formula is C15H30N2. The van der Waals surface area contributed by atoms with Gasteiger partial charge in [-0.25, -0.2) is 0 Å². The molecule has 2 saturated carbocycles. The molecule has 0 aromatic carbocycles. The Kier molecular flexibility index (Phi) is 4.14. The van der Waals surface area contributed by atoms with Gasteiger partial charge in [0.05, 0.1) is 0 Å². The zero-order valence-corrected chi connectivity index (χ0v) is 11.9. The summed E-state index contributed by atoms with van der Waals surface area (Å²) in [4.78, 5) is 0. The van der Waals surface area contributed by atoms with E-state index in [0.717, 1.165) is 5.92 Å². The average molecular weight is 238 g/mol. The van der Waals surface area contributed by atoms with Crippen molar-refractivity contribution in [3.8, 4) is 0 Å². The van der Waals surface area contributed by atoms with Gasteiger partial charge < -0.3 is 10.6 Å². The highest BCUT2D eigenvalue weighted by Crippen LogP contribution is 2.44. The van der Waals surface area contributed by atoms with Crippen LogP contribution in [0.5, 0.6) is 0 Å². The van der Waals surface area contributed by atoms with Crippen LogP contribution in [-0.4, -0.2) is 26.7 Å². The van der Waals surface area contributed by atoms with Crippen LogP contribution in [0.1, 0.15) is 52.4 Å². The van der Waals surface area contributed by atoms with Gasteiger partial charge in [0.25, 0.3) is 0 Å². The second-order valence-corrected chi connectivity index (χ2v) is 7.10. The highest BCUT2D eigenvalue weighted by molar-refractivity contribution is 4.97. The predicted octanol–water partition coefficient (Wildman–Crippen LogP) is 2.79. The zero-order valence-electron chi connectivity index (χ0n) is 11.9. The minimum Gasteiger partial charge on any atom is -0.319 e. The van der Waals surface area contributed by atoms with Crippen LogP contribution < -0.4 is 10.6 Å². The molecule has 0 amide bonds. The molecule has 0 bridgehead atoms. The number of rotatable bonds is 7. The first-order chi connectivity index (χ1) is 8.08. The quantitative estimate of drug-likeness (QED) is 0.713. The normalized spacial score (nSPS) is 24.2. The van der Waals surface area contributed by atoms with Crippen LogP contribution in [0.2, 0.25) is 0 Å². The molecule has 0 atom stereocenters. The second kappa shape index (κ2) is 5.27. The third-order valence-corrected chi connectivity index (χ3v) is 5.05. The van der Waals surface area contributed by atoms with Crippen molar-refractivity contribution >= 4 is 0 Å². The number of nitrogens with one attached hydrogen (secondary N) is 2. The average Bonchev–Trinajstić information content (AvgIpc) is 2.83. The molecule has 2 fully saturated rings. The van der Waals surface area contributed by atoms with E-state index in [1.165, 1.54) is 58.2 Å². The molecule has 0 saturated heterocycles. The van der Waals surface area contributed by atoms with E-state index in [1.807, 2.05) is 0 Å². The van der Waals surface area contributed by atoms with Crippen molar-refractivity contribution in [3.05, 3.63) is 0 Å². The maximum absolute atomic E-state index is 3.75. The molecule has 2 rings (SSSR count). The highest BCUT2D eigenvalue weighted by atomic mass is 14.9. The Morgan fingerprint density at radius 1 is 1.12 bits per heavy atom. The fourth-order valence-electron chi connectivity index (χ4n) is 3.47. The first-order valence-electron chi connectivity index (χ1n) is 7.43. The van der Waals surface area contributed by atoms with Gasteiger partial charge in [-0.2, -0.15) is 0 Å². The molecule has 2 nitrogen and oxygen atoms in total. The Morgan fingerprint density at radius 2 is 1.76 bits per heavy atom. The monoisotopic (exact) mass is 238 g/mol. The van der Waals surface area contributed by atoms with Crippen molar-refractivity contribution in [2.45, 2.75) is 52.4 Å². The fraction of sp³-hybridized carbons (Fsp3) is 1.00. The largest absolute Gasteiger partial charge is 0.319 e. The minimum absolute atomic E-state index is 0.492. The predicted molar refractivity (Wildman–Crippen MR) is 74.2 cm³/mol. The molecule has 17 heavy (non-hydrogen) atoms. The molecule has 0 aliphatic heterocycles. The Morgan fingerprint density at radius 3 is 2.29 bits per heavy atom. The van der Waals surface area contributed by atoms with Gasteiger partial charge in [0, 0.05) is 19.6 Å². The van der Waals surface area contributed by atoms with E-state index in [4.69, 9.17) is 0 Å². The Labute approximate surface area is 107 Å². The van der Waals surface area contributed by atoms with Gasteiger partial charge in [-0.15, -0.1) is 0 Å². The summed E-state index contributed by atoms with van der Waals surface area (Å²) in [7, 11) is 2.07. The van der Waals surface area contributed by atoms with Crippen LogP contribution in [0.25, 0.3) is 0 Å². The summed E-state index contributed by atoms with van der Waals surface area (Å²) in [5, 5.41) is 7.08. The third kappa shape index (κ3) is 3.45. The summed E-state index contributed by atoms with van der Waals surface area (Å²) in [5.41, 5.74) is 1.09. The molecule has 0 aromatic rings. The minimum atomic E-state index is 0.492. The van der Waals surface area contributed by atoms with Crippen LogP contribution in [0, 0.1) is 16.7 Å². The summed E-state index contributed by atoms with van der Waals surface area (Å²) < 4.78 is 0. The molecule has 0 radical (unpaired) electrons. The molecule has 2 aliphatic carbocycles. The summed E-state index contributed by atoms with van der Waals surface area (Å²) in [6.45, 7) is 8.50. The van der Waals surface area contributed by atoms with E-state index in [1.54, 1.807) is 0 Å². The number of hydrogen-bond donors (Lipinski definition) is 2. The molecule has 2 N–H and O–H groups in total. The van der Waals surface area contributed by atoms with Crippen LogP contribution in [-0.2, 0) is 0 Å². The zero-order chi connectivity index (χ0) is 12.4. The van der Waals surface area contributed by atoms with Gasteiger partial charge in [-0.3, -0.25) is 0 Å². The van der Waals surface area contributed by atoms with E-state index in [2.05, 4.69) is 31.5 Å². The lowest BCUT2D eigenvalue weighted by Gasteiger charge is -2.32. The van der Waals surface area contributed by atoms with E-state index in [-0.39, 0.29) is 0 Å². The second-order valence-electron chi connectivity index (χ2n) is 7.10. The van der Waals surface area contributed by atoms with E-state index in [0.29, 0.717) is 10.8 Å². The maximum Gasteiger partial charge on any atom is 0.00202 e. The molecule has 100 valence electrons. The molecule has 2 aliphatic rings. The lowest BCUT2D eigenvalue weighted by atomic mass is 9.77. The van der Waals surface area contributed by atoms with Crippen molar-refractivity contribution in [3.63, 3.8) is 0 Å². The third-order valence-electron chi connectivity index (χ3n) is 5.05. The van der Waals surface area contributed by atoms with E-state index in [9.17, 15) is 0 Å². The first kappa shape index (κ1) is 13.4. The van der Waals surface area contributed by atoms with Crippen LogP contribution in [0.3, 0.4) is 0 Å². The smallest absolute Gasteiger partial charge is 0.00202 e. The lowest BCUT2D eigenvalue weighted by molar-refractivity contribution is 0.203. The van der Waals surface area contributed by atoms with E-state index < -0.39 is 0 Å². The fourth-order valence-corrected chi connectivity index (χ4v) is 3.47. The molecule has 2 heteroatoms. The first-order valence-corrected chi connectivity index (χ1v) is 7.43. The van der Waals surface area contributed by atoms with Gasteiger partial charge in [0.1, 0.15) is 0 Å². The van der Waals surface area contributed by atoms with E-state index >= 15 is 0 Å². The maximum atomic E-state index is 3.75. The standard InChI is InChI=1S/C15H30N2/c1-14(2,13-6-4-5-7-13)10-17-12-15(8-9-15)11-16-3/h13,16-17H,4-12H2,1-3H3. The summed E-state index contributed by atoms with van der Waals surface area (Å²) >= 11 is 0. The SMILES string of the molecule is CNCC1(CNCC(C)(C)C2CCCC2)CC1. The molecule has 0 heterocycles. The van der Waals surface area contributed by atoms with Crippen LogP contribution in [0.15, 0.2) is 0 Å². The topological polar surface area (TPSA) is 24.1 Å². The highest BCUT2D eigenvalue weighted by Gasteiger charge is 2.42. The van der Waals surface area contributed by atoms with Crippen molar-refractivity contribution in [2.75, 3.05) is 26.7 Å². The molecular weight excluding hydrogens is 208 g/mol. The van der Waals surface area contributed by atoms with Gasteiger partial charge in [0.2, 0.25) is 0 Å². The summed E-state index contributed by atoms with van der Waals surface area (Å²) in [5.74, 6) is 0.953. The Hall–Kier alpha value is -0.0800. The van der Waals surface area contributed by atoms with Crippen molar-refractivity contribution in [2.24, 2.45) is 16.7 Å². The number of hydrogen-bond acceptors (Lipinski definition) is 2. The van der Waals surface area contributed by atoms with Crippen LogP contribution in [0.4, 0.5) is 0 Å². The van der Waals surface area contributed by atoms with Crippen LogP contribution >= 0.6 is 0 Å². The summed E-state index contributed by atoms with van der Waals surface area (Å²) in [6, 6.07) is 0. The molecule has 0 unspecified atom stereocenters. The van der Waals surface area contributed by atoms with Gasteiger partial charge in [-0.1, -0.05) is 26.7 Å². The Bertz CT molecular complexity index is 237. The van der Waals surface area contributed by atoms with Crippen molar-refractivity contribution in [1.29, 1.82) is 0 Å². The Balaban J connectivity index is 1.70. The molecule has 0 aromatic heterocycles. The van der Waals surface area contributed by atoms with Gasteiger partial charge >= 0.3 is 0 Å². The lowest BCUT2D eigenvalue weighted by Crippen LogP contribution is -2.39. The van der Waals surface area contributed by atoms with Gasteiger partial charge in [0.15, 0.2) is 0 Å². The van der Waals surface area contributed by atoms with Crippen molar-refractivity contribution < 1.29 is 0 Å². The van der Waals surface area contributed by atoms with Gasteiger partial charge in [-0.05, 0) is 49.5 Å². The van der Waals surface area contributed by atoms with Crippen molar-refractivity contribution in [1.82, 2.24) is 10.6 Å². The molecule has 0 spiro atoms.